The Balaban J connectivity index is 2.30. The van der Waals surface area contributed by atoms with Crippen LogP contribution in [0.5, 0.6) is 0 Å². The maximum atomic E-state index is 13.7. The Hall–Kier alpha value is -1.66. The average Bonchev–Trinajstić information content (AvgIpc) is 2.35. The molecule has 1 aromatic carbocycles. The Morgan fingerprint density at radius 1 is 1.55 bits per heavy atom. The van der Waals surface area contributed by atoms with Crippen molar-refractivity contribution in [3.05, 3.63) is 29.6 Å². The lowest BCUT2D eigenvalue weighted by molar-refractivity contribution is -0.118. The van der Waals surface area contributed by atoms with Crippen LogP contribution in [0.15, 0.2) is 18.2 Å². The molecule has 1 aromatic rings. The van der Waals surface area contributed by atoms with Crippen LogP contribution in [0, 0.1) is 5.82 Å². The third-order valence-corrected chi connectivity index (χ3v) is 3.24. The number of nitrogens with zero attached hydrogens (tertiary/aromatic N) is 1. The molecule has 0 aliphatic carbocycles. The zero-order chi connectivity index (χ0) is 14.9. The molecule has 1 heterocycles. The van der Waals surface area contributed by atoms with Gasteiger partial charge in [-0.05, 0) is 32.9 Å². The summed E-state index contributed by atoms with van der Waals surface area (Å²) < 4.78 is 19.4. The summed E-state index contributed by atoms with van der Waals surface area (Å²) in [4.78, 5) is 14.2. The Morgan fingerprint density at radius 3 is 2.85 bits per heavy atom. The minimum Gasteiger partial charge on any atom is -0.369 e. The van der Waals surface area contributed by atoms with Crippen LogP contribution >= 0.6 is 0 Å². The molecule has 1 atom stereocenters. The van der Waals surface area contributed by atoms with E-state index in [0.717, 1.165) is 0 Å². The Labute approximate surface area is 117 Å². The number of carbonyl (C=O) groups excluding carboxylic acids is 1. The van der Waals surface area contributed by atoms with Gasteiger partial charge in [-0.2, -0.15) is 0 Å². The molecule has 5 nitrogen and oxygen atoms in total. The average molecular weight is 281 g/mol. The number of benzene rings is 1. The SMILES string of the molecule is CC1CN(C(=O)c2cccc(F)c2NN)CC(C)(C)O1. The van der Waals surface area contributed by atoms with E-state index in [4.69, 9.17) is 10.6 Å². The van der Waals surface area contributed by atoms with Gasteiger partial charge in [-0.15, -0.1) is 0 Å². The quantitative estimate of drug-likeness (QED) is 0.640. The lowest BCUT2D eigenvalue weighted by Crippen LogP contribution is -2.53. The summed E-state index contributed by atoms with van der Waals surface area (Å²) in [5.41, 5.74) is 2.10. The second-order valence-electron chi connectivity index (χ2n) is 5.68. The summed E-state index contributed by atoms with van der Waals surface area (Å²) >= 11 is 0. The smallest absolute Gasteiger partial charge is 0.256 e. The van der Waals surface area contributed by atoms with Crippen molar-refractivity contribution in [2.24, 2.45) is 5.84 Å². The molecule has 1 unspecified atom stereocenters. The fourth-order valence-electron chi connectivity index (χ4n) is 2.63. The van der Waals surface area contributed by atoms with Gasteiger partial charge in [0, 0.05) is 13.1 Å². The predicted molar refractivity (Wildman–Crippen MR) is 74.7 cm³/mol. The summed E-state index contributed by atoms with van der Waals surface area (Å²) in [7, 11) is 0. The summed E-state index contributed by atoms with van der Waals surface area (Å²) in [6.45, 7) is 6.70. The number of carbonyl (C=O) groups is 1. The number of amides is 1. The van der Waals surface area contributed by atoms with E-state index in [2.05, 4.69) is 5.43 Å². The molecule has 3 N–H and O–H groups in total. The van der Waals surface area contributed by atoms with Gasteiger partial charge in [0.15, 0.2) is 0 Å². The number of para-hydroxylation sites is 1. The summed E-state index contributed by atoms with van der Waals surface area (Å²) in [6.07, 6.45) is -0.0643. The molecule has 6 heteroatoms. The van der Waals surface area contributed by atoms with E-state index in [-0.39, 0.29) is 23.3 Å². The second-order valence-corrected chi connectivity index (χ2v) is 5.68. The fourth-order valence-corrected chi connectivity index (χ4v) is 2.63. The lowest BCUT2D eigenvalue weighted by atomic mass is 10.0. The lowest BCUT2D eigenvalue weighted by Gasteiger charge is -2.41. The van der Waals surface area contributed by atoms with E-state index in [1.54, 1.807) is 11.0 Å². The van der Waals surface area contributed by atoms with Crippen molar-refractivity contribution in [2.75, 3.05) is 18.5 Å². The highest BCUT2D eigenvalue weighted by molar-refractivity contribution is 5.99. The zero-order valence-electron chi connectivity index (χ0n) is 11.9. The largest absolute Gasteiger partial charge is 0.369 e. The Kier molecular flexibility index (Phi) is 3.96. The zero-order valence-corrected chi connectivity index (χ0v) is 11.9. The monoisotopic (exact) mass is 281 g/mol. The topological polar surface area (TPSA) is 67.6 Å². The molecule has 1 fully saturated rings. The van der Waals surface area contributed by atoms with Gasteiger partial charge in [-0.3, -0.25) is 10.6 Å². The van der Waals surface area contributed by atoms with Crippen molar-refractivity contribution in [1.82, 2.24) is 4.90 Å². The number of nitrogens with one attached hydrogen (secondary N) is 1. The summed E-state index contributed by atoms with van der Waals surface area (Å²) in [6, 6.07) is 4.32. The Morgan fingerprint density at radius 2 is 2.25 bits per heavy atom. The molecular formula is C14H20FN3O2. The number of hydrazine groups is 1. The first kappa shape index (κ1) is 14.7. The molecule has 2 rings (SSSR count). The van der Waals surface area contributed by atoms with Gasteiger partial charge in [0.1, 0.15) is 5.82 Å². The van der Waals surface area contributed by atoms with Gasteiger partial charge in [-0.25, -0.2) is 4.39 Å². The predicted octanol–water partition coefficient (Wildman–Crippen LogP) is 1.75. The molecule has 0 bridgehead atoms. The van der Waals surface area contributed by atoms with Crippen LogP contribution in [0.3, 0.4) is 0 Å². The van der Waals surface area contributed by atoms with Crippen LogP contribution in [0.4, 0.5) is 10.1 Å². The van der Waals surface area contributed by atoms with Crippen molar-refractivity contribution in [1.29, 1.82) is 0 Å². The highest BCUT2D eigenvalue weighted by Crippen LogP contribution is 2.25. The number of anilines is 1. The van der Waals surface area contributed by atoms with Gasteiger partial charge in [0.2, 0.25) is 0 Å². The minimum atomic E-state index is -0.543. The van der Waals surface area contributed by atoms with Gasteiger partial charge < -0.3 is 15.1 Å². The molecule has 1 aliphatic rings. The van der Waals surface area contributed by atoms with Gasteiger partial charge in [0.05, 0.1) is 23.0 Å². The van der Waals surface area contributed by atoms with E-state index in [0.29, 0.717) is 13.1 Å². The fraction of sp³-hybridized carbons (Fsp3) is 0.500. The normalized spacial score (nSPS) is 21.6. The standard InChI is InChI=1S/C14H20FN3O2/c1-9-7-18(8-14(2,3)20-9)13(19)10-5-4-6-11(15)12(10)17-16/h4-6,9,17H,7-8,16H2,1-3H3. The van der Waals surface area contributed by atoms with Crippen LogP contribution in [0.1, 0.15) is 31.1 Å². The van der Waals surface area contributed by atoms with Crippen molar-refractivity contribution in [2.45, 2.75) is 32.5 Å². The van der Waals surface area contributed by atoms with E-state index in [9.17, 15) is 9.18 Å². The third kappa shape index (κ3) is 2.91. The van der Waals surface area contributed by atoms with Crippen molar-refractivity contribution in [3.8, 4) is 0 Å². The third-order valence-electron chi connectivity index (χ3n) is 3.24. The number of rotatable bonds is 2. The first-order chi connectivity index (χ1) is 9.34. The number of ether oxygens (including phenoxy) is 1. The van der Waals surface area contributed by atoms with Crippen LogP contribution in [0.25, 0.3) is 0 Å². The van der Waals surface area contributed by atoms with E-state index in [1.165, 1.54) is 12.1 Å². The number of halogens is 1. The van der Waals surface area contributed by atoms with Crippen LogP contribution in [0.2, 0.25) is 0 Å². The molecule has 0 saturated carbocycles. The number of hydrogen-bond donors (Lipinski definition) is 2. The summed E-state index contributed by atoms with van der Waals surface area (Å²) in [5, 5.41) is 0. The molecule has 1 aliphatic heterocycles. The highest BCUT2D eigenvalue weighted by atomic mass is 19.1. The maximum absolute atomic E-state index is 13.7. The molecular weight excluding hydrogens is 261 g/mol. The van der Waals surface area contributed by atoms with Crippen LogP contribution < -0.4 is 11.3 Å². The number of hydrogen-bond acceptors (Lipinski definition) is 4. The minimum absolute atomic E-state index is 0.0226. The number of morpholine rings is 1. The van der Waals surface area contributed by atoms with Crippen LogP contribution in [-0.2, 0) is 4.74 Å². The Bertz CT molecular complexity index is 519. The first-order valence-electron chi connectivity index (χ1n) is 6.56. The molecule has 1 amide bonds. The molecule has 20 heavy (non-hydrogen) atoms. The number of nitrogen functional groups attached to an aromatic ring is 1. The maximum Gasteiger partial charge on any atom is 0.256 e. The molecule has 110 valence electrons. The molecule has 0 radical (unpaired) electrons. The van der Waals surface area contributed by atoms with Crippen molar-refractivity contribution < 1.29 is 13.9 Å². The van der Waals surface area contributed by atoms with Crippen molar-refractivity contribution >= 4 is 11.6 Å². The van der Waals surface area contributed by atoms with E-state index < -0.39 is 11.4 Å². The summed E-state index contributed by atoms with van der Waals surface area (Å²) in [5.74, 6) is 4.52. The first-order valence-corrected chi connectivity index (χ1v) is 6.56. The molecule has 0 aromatic heterocycles. The highest BCUT2D eigenvalue weighted by Gasteiger charge is 2.34. The second kappa shape index (κ2) is 5.38. The van der Waals surface area contributed by atoms with E-state index in [1.807, 2.05) is 20.8 Å². The molecule has 0 spiro atoms. The van der Waals surface area contributed by atoms with Crippen molar-refractivity contribution in [3.63, 3.8) is 0 Å². The van der Waals surface area contributed by atoms with E-state index >= 15 is 0 Å². The van der Waals surface area contributed by atoms with Gasteiger partial charge >= 0.3 is 0 Å². The molecule has 1 saturated heterocycles. The number of nitrogens with two attached hydrogens (primary N) is 1. The van der Waals surface area contributed by atoms with Gasteiger partial charge in [-0.1, -0.05) is 6.07 Å². The van der Waals surface area contributed by atoms with Gasteiger partial charge in [0.25, 0.3) is 5.91 Å². The van der Waals surface area contributed by atoms with Crippen LogP contribution in [-0.4, -0.2) is 35.6 Å².